The third-order valence-corrected chi connectivity index (χ3v) is 4.67. The van der Waals surface area contributed by atoms with Crippen LogP contribution in [0.3, 0.4) is 0 Å². The summed E-state index contributed by atoms with van der Waals surface area (Å²) < 4.78 is 3.14. The van der Waals surface area contributed by atoms with Crippen molar-refractivity contribution in [1.29, 1.82) is 0 Å². The normalized spacial score (nSPS) is 11.2. The molecule has 0 bridgehead atoms. The predicted octanol–water partition coefficient (Wildman–Crippen LogP) is 3.81. The molecule has 0 unspecified atom stereocenters. The van der Waals surface area contributed by atoms with Crippen molar-refractivity contribution in [2.45, 2.75) is 0 Å². The summed E-state index contributed by atoms with van der Waals surface area (Å²) in [5.41, 5.74) is 0.427. The largest absolute Gasteiger partial charge is 0.478 e. The van der Waals surface area contributed by atoms with Crippen LogP contribution in [0.25, 0.3) is 19.5 Å². The minimum Gasteiger partial charge on any atom is -0.478 e. The Kier molecular flexibility index (Phi) is 1.81. The highest BCUT2D eigenvalue weighted by Gasteiger charge is 2.15. The zero-order valence-corrected chi connectivity index (χ0v) is 9.19. The number of carboxylic acid groups (broad SMARTS) is 1. The predicted molar refractivity (Wildman–Crippen MR) is 64.2 cm³/mol. The number of thiophene rings is 2. The van der Waals surface area contributed by atoms with Gasteiger partial charge in [-0.25, -0.2) is 4.79 Å². The molecule has 0 aliphatic heterocycles. The molecule has 3 rings (SSSR count). The van der Waals surface area contributed by atoms with Crippen LogP contribution in [-0.4, -0.2) is 11.1 Å². The maximum absolute atomic E-state index is 11.0. The van der Waals surface area contributed by atoms with Crippen molar-refractivity contribution in [1.82, 2.24) is 0 Å². The molecule has 2 heterocycles. The number of fused-ring (bicyclic) bond motifs is 3. The van der Waals surface area contributed by atoms with Gasteiger partial charge in [0.2, 0.25) is 0 Å². The monoisotopic (exact) mass is 234 g/mol. The second kappa shape index (κ2) is 3.05. The summed E-state index contributed by atoms with van der Waals surface area (Å²) in [7, 11) is 0. The van der Waals surface area contributed by atoms with Crippen LogP contribution in [0, 0.1) is 0 Å². The van der Waals surface area contributed by atoms with Gasteiger partial charge < -0.3 is 5.11 Å². The van der Waals surface area contributed by atoms with Crippen molar-refractivity contribution in [3.63, 3.8) is 0 Å². The van der Waals surface area contributed by atoms with E-state index in [0.29, 0.717) is 5.56 Å². The van der Waals surface area contributed by atoms with Gasteiger partial charge >= 0.3 is 5.97 Å². The Morgan fingerprint density at radius 2 is 2.00 bits per heavy atom. The Hall–Kier alpha value is -1.39. The second-order valence-electron chi connectivity index (χ2n) is 3.21. The summed E-state index contributed by atoms with van der Waals surface area (Å²) in [6.45, 7) is 0. The average molecular weight is 234 g/mol. The van der Waals surface area contributed by atoms with E-state index < -0.39 is 5.97 Å². The van der Waals surface area contributed by atoms with Crippen molar-refractivity contribution in [2.24, 2.45) is 0 Å². The van der Waals surface area contributed by atoms with E-state index in [2.05, 4.69) is 0 Å². The van der Waals surface area contributed by atoms with Crippen molar-refractivity contribution < 1.29 is 9.90 Å². The molecule has 74 valence electrons. The lowest BCUT2D eigenvalue weighted by Gasteiger charge is -1.85. The lowest BCUT2D eigenvalue weighted by Crippen LogP contribution is -1.91. The van der Waals surface area contributed by atoms with E-state index in [-0.39, 0.29) is 0 Å². The van der Waals surface area contributed by atoms with E-state index in [1.165, 1.54) is 11.3 Å². The first kappa shape index (κ1) is 8.88. The van der Waals surface area contributed by atoms with Crippen molar-refractivity contribution in [2.75, 3.05) is 0 Å². The summed E-state index contributed by atoms with van der Waals surface area (Å²) in [5.74, 6) is -0.840. The highest BCUT2D eigenvalue weighted by atomic mass is 32.1. The van der Waals surface area contributed by atoms with Crippen LogP contribution in [0.15, 0.2) is 29.6 Å². The molecule has 0 radical (unpaired) electrons. The van der Waals surface area contributed by atoms with Gasteiger partial charge in [-0.05, 0) is 6.07 Å². The van der Waals surface area contributed by atoms with Gasteiger partial charge in [0.15, 0.2) is 0 Å². The molecule has 0 spiro atoms. The number of benzene rings is 1. The van der Waals surface area contributed by atoms with Crippen LogP contribution in [0.2, 0.25) is 0 Å². The average Bonchev–Trinajstić information content (AvgIpc) is 2.74. The molecular formula is C11H6O2S2. The molecule has 1 N–H and O–H groups in total. The highest BCUT2D eigenvalue weighted by Crippen LogP contribution is 2.39. The molecular weight excluding hydrogens is 228 g/mol. The second-order valence-corrected chi connectivity index (χ2v) is 5.14. The molecule has 15 heavy (non-hydrogen) atoms. The minimum atomic E-state index is -0.840. The van der Waals surface area contributed by atoms with E-state index in [0.717, 1.165) is 19.5 Å². The van der Waals surface area contributed by atoms with Gasteiger partial charge in [0.25, 0.3) is 0 Å². The first-order valence-electron chi connectivity index (χ1n) is 4.39. The van der Waals surface area contributed by atoms with Gasteiger partial charge in [-0.2, -0.15) is 0 Å². The van der Waals surface area contributed by atoms with Crippen molar-refractivity contribution in [3.8, 4) is 0 Å². The van der Waals surface area contributed by atoms with E-state index in [9.17, 15) is 4.79 Å². The van der Waals surface area contributed by atoms with Crippen LogP contribution in [-0.2, 0) is 0 Å². The maximum Gasteiger partial charge on any atom is 0.338 e. The van der Waals surface area contributed by atoms with Gasteiger partial charge in [0.1, 0.15) is 0 Å². The Balaban J connectivity index is 2.50. The molecule has 0 fully saturated rings. The Morgan fingerprint density at radius 1 is 1.20 bits per heavy atom. The maximum atomic E-state index is 11.0. The van der Waals surface area contributed by atoms with Crippen LogP contribution in [0.4, 0.5) is 0 Å². The van der Waals surface area contributed by atoms with Gasteiger partial charge in [-0.3, -0.25) is 0 Å². The smallest absolute Gasteiger partial charge is 0.338 e. The molecule has 2 nitrogen and oxygen atoms in total. The first-order valence-corrected chi connectivity index (χ1v) is 6.09. The minimum absolute atomic E-state index is 0.427. The molecule has 2 aromatic heterocycles. The third kappa shape index (κ3) is 1.19. The molecule has 0 amide bonds. The summed E-state index contributed by atoms with van der Waals surface area (Å²) in [6.07, 6.45) is 0. The topological polar surface area (TPSA) is 37.3 Å². The summed E-state index contributed by atoms with van der Waals surface area (Å²) in [6, 6.07) is 8.02. The number of carboxylic acids is 1. The zero-order chi connectivity index (χ0) is 10.4. The Bertz CT molecular complexity index is 663. The van der Waals surface area contributed by atoms with Gasteiger partial charge in [-0.1, -0.05) is 18.2 Å². The summed E-state index contributed by atoms with van der Waals surface area (Å²) in [5, 5.41) is 11.9. The number of hydrogen-bond acceptors (Lipinski definition) is 3. The van der Waals surface area contributed by atoms with E-state index in [4.69, 9.17) is 5.11 Å². The van der Waals surface area contributed by atoms with Gasteiger partial charge in [0, 0.05) is 15.5 Å². The lowest BCUT2D eigenvalue weighted by molar-refractivity contribution is 0.0699. The first-order chi connectivity index (χ1) is 7.27. The van der Waals surface area contributed by atoms with Crippen LogP contribution in [0.1, 0.15) is 10.4 Å². The van der Waals surface area contributed by atoms with Crippen LogP contribution in [0.5, 0.6) is 0 Å². The fourth-order valence-corrected chi connectivity index (χ4v) is 4.13. The number of hydrogen-bond donors (Lipinski definition) is 1. The van der Waals surface area contributed by atoms with Gasteiger partial charge in [-0.15, -0.1) is 22.7 Å². The van der Waals surface area contributed by atoms with Gasteiger partial charge in [0.05, 0.1) is 15.0 Å². The molecule has 0 saturated carbocycles. The van der Waals surface area contributed by atoms with E-state index >= 15 is 0 Å². The molecule has 3 aromatic rings. The molecule has 0 aliphatic rings. The molecule has 1 aromatic carbocycles. The van der Waals surface area contributed by atoms with Crippen LogP contribution >= 0.6 is 22.7 Å². The van der Waals surface area contributed by atoms with Crippen molar-refractivity contribution in [3.05, 3.63) is 35.2 Å². The fraction of sp³-hybridized carbons (Fsp3) is 0. The highest BCUT2D eigenvalue weighted by molar-refractivity contribution is 7.32. The summed E-state index contributed by atoms with van der Waals surface area (Å²) in [4.78, 5) is 11.0. The Labute approximate surface area is 93.4 Å². The molecule has 0 atom stereocenters. The quantitative estimate of drug-likeness (QED) is 0.695. The molecule has 4 heteroatoms. The van der Waals surface area contributed by atoms with E-state index in [1.54, 1.807) is 16.7 Å². The number of rotatable bonds is 1. The van der Waals surface area contributed by atoms with E-state index in [1.807, 2.05) is 24.3 Å². The zero-order valence-electron chi connectivity index (χ0n) is 7.56. The van der Waals surface area contributed by atoms with Crippen molar-refractivity contribution >= 4 is 48.1 Å². The SMILES string of the molecule is O=C(O)c1csc2c1sc1ccccc12. The standard InChI is InChI=1S/C11H6O2S2/c12-11(13)7-5-14-9-6-3-1-2-4-8(6)15-10(7)9/h1-5H,(H,12,13). The third-order valence-electron chi connectivity index (χ3n) is 2.32. The fourth-order valence-electron chi connectivity index (χ4n) is 1.64. The molecule has 0 aliphatic carbocycles. The van der Waals surface area contributed by atoms with Crippen LogP contribution < -0.4 is 0 Å². The lowest BCUT2D eigenvalue weighted by atomic mass is 10.2. The molecule has 0 saturated heterocycles. The number of aromatic carboxylic acids is 1. The number of carbonyl (C=O) groups is 1. The summed E-state index contributed by atoms with van der Waals surface area (Å²) >= 11 is 3.06. The Morgan fingerprint density at radius 3 is 2.80 bits per heavy atom.